The van der Waals surface area contributed by atoms with E-state index in [1.54, 1.807) is 0 Å². The zero-order valence-electron chi connectivity index (χ0n) is 30.4. The molecule has 0 atom stereocenters. The normalized spacial score (nSPS) is 11.9. The van der Waals surface area contributed by atoms with E-state index in [4.69, 9.17) is 15.0 Å². The summed E-state index contributed by atoms with van der Waals surface area (Å²) >= 11 is 3.69. The van der Waals surface area contributed by atoms with Gasteiger partial charge in [0, 0.05) is 73.5 Å². The number of hydrogen-bond donors (Lipinski definition) is 0. The van der Waals surface area contributed by atoms with Crippen molar-refractivity contribution in [2.45, 2.75) is 0 Å². The molecular formula is C51H30N4S2. The van der Waals surface area contributed by atoms with Crippen molar-refractivity contribution in [2.24, 2.45) is 0 Å². The monoisotopic (exact) mass is 762 g/mol. The molecule has 0 aliphatic rings. The molecule has 0 aliphatic carbocycles. The third-order valence-electron chi connectivity index (χ3n) is 11.0. The fraction of sp³-hybridized carbons (Fsp3) is 0. The average molecular weight is 763 g/mol. The van der Waals surface area contributed by atoms with E-state index in [-0.39, 0.29) is 0 Å². The topological polar surface area (TPSA) is 43.6 Å². The predicted octanol–water partition coefficient (Wildman–Crippen LogP) is 14.4. The van der Waals surface area contributed by atoms with Gasteiger partial charge in [-0.3, -0.25) is 0 Å². The fourth-order valence-corrected chi connectivity index (χ4v) is 10.7. The van der Waals surface area contributed by atoms with Crippen LogP contribution >= 0.6 is 22.7 Å². The minimum absolute atomic E-state index is 0.662. The van der Waals surface area contributed by atoms with E-state index in [2.05, 4.69) is 126 Å². The molecule has 266 valence electrons. The van der Waals surface area contributed by atoms with Gasteiger partial charge in [0.25, 0.3) is 0 Å². The molecule has 57 heavy (non-hydrogen) atoms. The number of para-hydroxylation sites is 1. The van der Waals surface area contributed by atoms with Crippen molar-refractivity contribution in [3.8, 4) is 51.0 Å². The van der Waals surface area contributed by atoms with Crippen LogP contribution < -0.4 is 0 Å². The molecular weight excluding hydrogens is 733 g/mol. The van der Waals surface area contributed by atoms with Crippen LogP contribution in [0.4, 0.5) is 0 Å². The molecule has 0 amide bonds. The molecule has 4 aromatic heterocycles. The lowest BCUT2D eigenvalue weighted by molar-refractivity contribution is 1.07. The first-order valence-corrected chi connectivity index (χ1v) is 20.6. The Morgan fingerprint density at radius 1 is 0.333 bits per heavy atom. The summed E-state index contributed by atoms with van der Waals surface area (Å²) in [6.07, 6.45) is 0. The van der Waals surface area contributed by atoms with Crippen LogP contribution in [0.1, 0.15) is 0 Å². The molecule has 0 saturated carbocycles. The van der Waals surface area contributed by atoms with Crippen molar-refractivity contribution < 1.29 is 0 Å². The van der Waals surface area contributed by atoms with Gasteiger partial charge in [-0.25, -0.2) is 15.0 Å². The largest absolute Gasteiger partial charge is 0.309 e. The Balaban J connectivity index is 1.04. The third-order valence-corrected chi connectivity index (χ3v) is 13.3. The van der Waals surface area contributed by atoms with Crippen molar-refractivity contribution in [1.82, 2.24) is 19.5 Å². The highest BCUT2D eigenvalue weighted by Crippen LogP contribution is 2.45. The Bertz CT molecular complexity index is 3450. The molecule has 0 radical (unpaired) electrons. The van der Waals surface area contributed by atoms with Crippen LogP contribution in [0.25, 0.3) is 113 Å². The Morgan fingerprint density at radius 3 is 1.68 bits per heavy atom. The molecule has 12 rings (SSSR count). The Morgan fingerprint density at radius 2 is 0.930 bits per heavy atom. The molecule has 0 unspecified atom stereocenters. The zero-order chi connectivity index (χ0) is 37.5. The maximum absolute atomic E-state index is 5.02. The summed E-state index contributed by atoms with van der Waals surface area (Å²) in [5.74, 6) is 1.99. The first-order valence-electron chi connectivity index (χ1n) is 19.0. The molecule has 0 saturated heterocycles. The number of nitrogens with zero attached hydrogens (tertiary/aromatic N) is 4. The van der Waals surface area contributed by atoms with E-state index in [1.165, 1.54) is 73.3 Å². The Labute approximate surface area is 335 Å². The lowest BCUT2D eigenvalue weighted by atomic mass is 9.97. The number of aromatic nitrogens is 4. The van der Waals surface area contributed by atoms with E-state index < -0.39 is 0 Å². The predicted molar refractivity (Wildman–Crippen MR) is 242 cm³/mol. The van der Waals surface area contributed by atoms with Gasteiger partial charge < -0.3 is 4.57 Å². The highest BCUT2D eigenvalue weighted by molar-refractivity contribution is 7.26. The Kier molecular flexibility index (Phi) is 7.24. The highest BCUT2D eigenvalue weighted by Gasteiger charge is 2.19. The minimum Gasteiger partial charge on any atom is -0.309 e. The van der Waals surface area contributed by atoms with E-state index >= 15 is 0 Å². The van der Waals surface area contributed by atoms with Crippen LogP contribution in [0.15, 0.2) is 182 Å². The summed E-state index contributed by atoms with van der Waals surface area (Å²) in [6, 6.07) is 65.0. The van der Waals surface area contributed by atoms with Gasteiger partial charge in [-0.15, -0.1) is 22.7 Å². The molecule has 4 heterocycles. The summed E-state index contributed by atoms with van der Waals surface area (Å²) in [7, 11) is 0. The van der Waals surface area contributed by atoms with Gasteiger partial charge in [0.15, 0.2) is 17.5 Å². The maximum atomic E-state index is 5.02. The lowest BCUT2D eigenvalue weighted by Gasteiger charge is -2.09. The summed E-state index contributed by atoms with van der Waals surface area (Å²) in [4.78, 5) is 14.9. The number of hydrogen-bond acceptors (Lipinski definition) is 5. The van der Waals surface area contributed by atoms with Crippen molar-refractivity contribution in [2.75, 3.05) is 0 Å². The SMILES string of the molecule is c1ccc(-c2nc(-c3ccccc3)nc(-c3ccc4c(c3)sc3cccc(-c5ccc6c(c5)c5cc7c(cc5n6-c5ccccc5)sc5ccccc57)c34)n2)cc1. The van der Waals surface area contributed by atoms with Gasteiger partial charge in [-0.2, -0.15) is 0 Å². The van der Waals surface area contributed by atoms with Crippen LogP contribution in [0, 0.1) is 0 Å². The second kappa shape index (κ2) is 12.8. The maximum Gasteiger partial charge on any atom is 0.164 e. The molecule has 0 fully saturated rings. The molecule has 0 bridgehead atoms. The summed E-state index contributed by atoms with van der Waals surface area (Å²) in [5, 5.41) is 7.64. The number of thiophene rings is 2. The third kappa shape index (κ3) is 5.22. The molecule has 12 aromatic rings. The first kappa shape index (κ1) is 32.3. The van der Waals surface area contributed by atoms with Crippen LogP contribution in [-0.4, -0.2) is 19.5 Å². The van der Waals surface area contributed by atoms with E-state index in [0.717, 1.165) is 22.4 Å². The average Bonchev–Trinajstić information content (AvgIpc) is 3.94. The van der Waals surface area contributed by atoms with Crippen LogP contribution in [0.3, 0.4) is 0 Å². The lowest BCUT2D eigenvalue weighted by Crippen LogP contribution is -1.99. The van der Waals surface area contributed by atoms with Gasteiger partial charge in [-0.1, -0.05) is 127 Å². The first-order chi connectivity index (χ1) is 28.2. The van der Waals surface area contributed by atoms with Crippen molar-refractivity contribution in [1.29, 1.82) is 0 Å². The molecule has 8 aromatic carbocycles. The molecule has 0 spiro atoms. The standard InChI is InChI=1S/C51H30N4S2/c1-4-13-31(14-5-1)49-52-50(32-15-6-2-7-16-32)54-51(53-49)34-23-25-38-46(28-34)57-45-22-12-20-36(48(38)45)33-24-26-42-39(27-33)40-29-41-37-19-10-11-21-44(37)56-47(41)30-43(40)55(42)35-17-8-3-9-18-35/h1-30H. The molecule has 0 N–H and O–H groups in total. The smallest absolute Gasteiger partial charge is 0.164 e. The fourth-order valence-electron chi connectivity index (χ4n) is 8.40. The summed E-state index contributed by atoms with van der Waals surface area (Å²) in [5.41, 5.74) is 8.92. The van der Waals surface area contributed by atoms with Crippen LogP contribution in [-0.2, 0) is 0 Å². The summed E-state index contributed by atoms with van der Waals surface area (Å²) in [6.45, 7) is 0. The second-order valence-corrected chi connectivity index (χ2v) is 16.6. The van der Waals surface area contributed by atoms with E-state index in [9.17, 15) is 0 Å². The number of rotatable bonds is 5. The van der Waals surface area contributed by atoms with Crippen molar-refractivity contribution in [3.63, 3.8) is 0 Å². The summed E-state index contributed by atoms with van der Waals surface area (Å²) < 4.78 is 7.50. The van der Waals surface area contributed by atoms with Gasteiger partial charge in [0.05, 0.1) is 11.0 Å². The van der Waals surface area contributed by atoms with Gasteiger partial charge in [0.1, 0.15) is 0 Å². The van der Waals surface area contributed by atoms with Gasteiger partial charge in [0.2, 0.25) is 0 Å². The number of benzene rings is 8. The molecule has 6 heteroatoms. The van der Waals surface area contributed by atoms with E-state index in [0.29, 0.717) is 17.5 Å². The number of fused-ring (bicyclic) bond motifs is 9. The second-order valence-electron chi connectivity index (χ2n) is 14.4. The molecule has 0 aliphatic heterocycles. The highest BCUT2D eigenvalue weighted by atomic mass is 32.1. The van der Waals surface area contributed by atoms with E-state index in [1.807, 2.05) is 83.3 Å². The molecule has 4 nitrogen and oxygen atoms in total. The van der Waals surface area contributed by atoms with Crippen LogP contribution in [0.5, 0.6) is 0 Å². The quantitative estimate of drug-likeness (QED) is 0.175. The van der Waals surface area contributed by atoms with Crippen molar-refractivity contribution >= 4 is 84.8 Å². The van der Waals surface area contributed by atoms with Gasteiger partial charge in [-0.05, 0) is 65.7 Å². The Hall–Kier alpha value is -6.99. The zero-order valence-corrected chi connectivity index (χ0v) is 32.1. The van der Waals surface area contributed by atoms with Gasteiger partial charge >= 0.3 is 0 Å². The minimum atomic E-state index is 0.662. The van der Waals surface area contributed by atoms with Crippen molar-refractivity contribution in [3.05, 3.63) is 182 Å². The van der Waals surface area contributed by atoms with Crippen LogP contribution in [0.2, 0.25) is 0 Å².